The van der Waals surface area contributed by atoms with E-state index in [0.29, 0.717) is 17.5 Å². The minimum absolute atomic E-state index is 0. The van der Waals surface area contributed by atoms with Gasteiger partial charge in [-0.3, -0.25) is 9.79 Å². The van der Waals surface area contributed by atoms with E-state index in [9.17, 15) is 4.79 Å². The van der Waals surface area contributed by atoms with Crippen molar-refractivity contribution in [2.24, 2.45) is 16.1 Å². The quantitative estimate of drug-likeness (QED) is 0.307. The molecule has 0 heterocycles. The fourth-order valence-corrected chi connectivity index (χ4v) is 3.47. The summed E-state index contributed by atoms with van der Waals surface area (Å²) < 4.78 is 5.29. The first-order chi connectivity index (χ1) is 12.1. The van der Waals surface area contributed by atoms with Crippen LogP contribution in [0.1, 0.15) is 48.0 Å². The molecule has 0 saturated heterocycles. The number of methoxy groups -OCH3 is 1. The Balaban J connectivity index is 0.00000338. The molecule has 7 heteroatoms. The molecule has 1 fully saturated rings. The number of carbonyl (C=O) groups excluding carboxylic acids is 1. The van der Waals surface area contributed by atoms with Crippen LogP contribution in [0.25, 0.3) is 0 Å². The van der Waals surface area contributed by atoms with Gasteiger partial charge in [0.05, 0.1) is 0 Å². The average molecular weight is 474 g/mol. The third-order valence-electron chi connectivity index (χ3n) is 5.03. The molecule has 6 nitrogen and oxygen atoms in total. The van der Waals surface area contributed by atoms with Crippen molar-refractivity contribution in [2.75, 3.05) is 27.3 Å². The third-order valence-corrected chi connectivity index (χ3v) is 5.03. The summed E-state index contributed by atoms with van der Waals surface area (Å²) in [6.07, 6.45) is 6.13. The summed E-state index contributed by atoms with van der Waals surface area (Å²) in [6, 6.07) is 7.33. The van der Waals surface area contributed by atoms with Crippen LogP contribution in [-0.4, -0.2) is 39.2 Å². The first kappa shape index (κ1) is 22.7. The van der Waals surface area contributed by atoms with E-state index >= 15 is 0 Å². The van der Waals surface area contributed by atoms with Gasteiger partial charge in [-0.2, -0.15) is 0 Å². The number of ether oxygens (including phenoxy) is 1. The average Bonchev–Trinajstić information content (AvgIpc) is 3.09. The van der Waals surface area contributed by atoms with Crippen molar-refractivity contribution >= 4 is 35.8 Å². The molecule has 1 aliphatic carbocycles. The molecule has 1 aliphatic rings. The first-order valence-electron chi connectivity index (χ1n) is 8.91. The Morgan fingerprint density at radius 2 is 2.04 bits per heavy atom. The molecule has 1 saturated carbocycles. The molecule has 1 aromatic carbocycles. The van der Waals surface area contributed by atoms with E-state index in [1.54, 1.807) is 26.3 Å². The lowest BCUT2D eigenvalue weighted by molar-refractivity contribution is 0.1000. The van der Waals surface area contributed by atoms with Crippen molar-refractivity contribution in [1.82, 2.24) is 10.6 Å². The molecule has 0 spiro atoms. The van der Waals surface area contributed by atoms with Crippen LogP contribution in [0.2, 0.25) is 0 Å². The Morgan fingerprint density at radius 1 is 1.31 bits per heavy atom. The first-order valence-corrected chi connectivity index (χ1v) is 8.91. The lowest BCUT2D eigenvalue weighted by atomic mass is 9.83. The standard InChI is InChI=1S/C19H30N4O2.HI/c1-21-18(22-13-15-6-5-7-16(12-15)17(20)24)23-14-19(10-11-25-2)8-3-4-9-19;/h5-7,12H,3-4,8-11,13-14H2,1-2H3,(H2,20,24)(H2,21,22,23);1H. The van der Waals surface area contributed by atoms with E-state index in [4.69, 9.17) is 10.5 Å². The van der Waals surface area contributed by atoms with Crippen LogP contribution in [0.15, 0.2) is 29.3 Å². The lowest BCUT2D eigenvalue weighted by Crippen LogP contribution is -2.43. The van der Waals surface area contributed by atoms with Crippen molar-refractivity contribution in [3.05, 3.63) is 35.4 Å². The number of benzene rings is 1. The molecule has 1 amide bonds. The highest BCUT2D eigenvalue weighted by molar-refractivity contribution is 14.0. The predicted molar refractivity (Wildman–Crippen MR) is 116 cm³/mol. The van der Waals surface area contributed by atoms with Crippen molar-refractivity contribution in [2.45, 2.75) is 38.6 Å². The largest absolute Gasteiger partial charge is 0.385 e. The second kappa shape index (κ2) is 11.4. The second-order valence-electron chi connectivity index (χ2n) is 6.79. The van der Waals surface area contributed by atoms with Gasteiger partial charge >= 0.3 is 0 Å². The molecule has 0 atom stereocenters. The Labute approximate surface area is 173 Å². The molecule has 0 bridgehead atoms. The minimum atomic E-state index is -0.411. The maximum absolute atomic E-state index is 11.3. The van der Waals surface area contributed by atoms with Crippen LogP contribution in [0.5, 0.6) is 0 Å². The van der Waals surface area contributed by atoms with Gasteiger partial charge in [-0.15, -0.1) is 24.0 Å². The zero-order valence-corrected chi connectivity index (χ0v) is 18.0. The van der Waals surface area contributed by atoms with Gasteiger partial charge in [0.25, 0.3) is 0 Å². The van der Waals surface area contributed by atoms with Crippen LogP contribution in [-0.2, 0) is 11.3 Å². The smallest absolute Gasteiger partial charge is 0.248 e. The Bertz CT molecular complexity index is 601. The van der Waals surface area contributed by atoms with Gasteiger partial charge in [0.15, 0.2) is 5.96 Å². The van der Waals surface area contributed by atoms with E-state index in [2.05, 4.69) is 15.6 Å². The molecule has 0 unspecified atom stereocenters. The number of hydrogen-bond acceptors (Lipinski definition) is 3. The Kier molecular flexibility index (Phi) is 9.93. The monoisotopic (exact) mass is 474 g/mol. The highest BCUT2D eigenvalue weighted by Crippen LogP contribution is 2.40. The molecule has 1 aromatic rings. The minimum Gasteiger partial charge on any atom is -0.385 e. The summed E-state index contributed by atoms with van der Waals surface area (Å²) in [5.41, 5.74) is 7.15. The van der Waals surface area contributed by atoms with E-state index in [-0.39, 0.29) is 24.0 Å². The number of nitrogens with two attached hydrogens (primary N) is 1. The van der Waals surface area contributed by atoms with E-state index in [0.717, 1.165) is 31.1 Å². The number of nitrogens with one attached hydrogen (secondary N) is 2. The third kappa shape index (κ3) is 6.75. The highest BCUT2D eigenvalue weighted by Gasteiger charge is 2.33. The topological polar surface area (TPSA) is 88.7 Å². The molecule has 26 heavy (non-hydrogen) atoms. The van der Waals surface area contributed by atoms with Crippen molar-refractivity contribution < 1.29 is 9.53 Å². The van der Waals surface area contributed by atoms with Crippen LogP contribution in [0.3, 0.4) is 0 Å². The molecular formula is C19H31IN4O2. The number of carbonyl (C=O) groups is 1. The molecule has 0 aromatic heterocycles. The second-order valence-corrected chi connectivity index (χ2v) is 6.79. The van der Waals surface area contributed by atoms with E-state index < -0.39 is 5.91 Å². The van der Waals surface area contributed by atoms with E-state index in [1.807, 2.05) is 12.1 Å². The van der Waals surface area contributed by atoms with Gasteiger partial charge < -0.3 is 21.1 Å². The Hall–Kier alpha value is -1.35. The van der Waals surface area contributed by atoms with Crippen LogP contribution < -0.4 is 16.4 Å². The van der Waals surface area contributed by atoms with Gasteiger partial charge in [0, 0.05) is 39.4 Å². The Morgan fingerprint density at radius 3 is 2.65 bits per heavy atom. The molecule has 0 radical (unpaired) electrons. The van der Waals surface area contributed by atoms with Crippen molar-refractivity contribution in [1.29, 1.82) is 0 Å². The zero-order chi connectivity index (χ0) is 18.1. The molecular weight excluding hydrogens is 443 g/mol. The molecule has 146 valence electrons. The van der Waals surface area contributed by atoms with E-state index in [1.165, 1.54) is 25.7 Å². The summed E-state index contributed by atoms with van der Waals surface area (Å²) in [5.74, 6) is 0.360. The van der Waals surface area contributed by atoms with Crippen molar-refractivity contribution in [3.8, 4) is 0 Å². The molecule has 0 aliphatic heterocycles. The number of primary amides is 1. The predicted octanol–water partition coefficient (Wildman–Crippen LogP) is 2.67. The normalized spacial score (nSPS) is 16.0. The molecule has 4 N–H and O–H groups in total. The number of nitrogens with zero attached hydrogens (tertiary/aromatic N) is 1. The number of rotatable bonds is 8. The van der Waals surface area contributed by atoms with Gasteiger partial charge in [0.2, 0.25) is 5.91 Å². The highest BCUT2D eigenvalue weighted by atomic mass is 127. The summed E-state index contributed by atoms with van der Waals surface area (Å²) in [5, 5.41) is 6.77. The number of hydrogen-bond donors (Lipinski definition) is 3. The van der Waals surface area contributed by atoms with Gasteiger partial charge in [0.1, 0.15) is 0 Å². The summed E-state index contributed by atoms with van der Waals surface area (Å²) >= 11 is 0. The van der Waals surface area contributed by atoms with Crippen LogP contribution >= 0.6 is 24.0 Å². The van der Waals surface area contributed by atoms with Crippen LogP contribution in [0.4, 0.5) is 0 Å². The SMILES string of the molecule is CN=C(NCc1cccc(C(N)=O)c1)NCC1(CCOC)CCCC1.I. The number of aliphatic imine (C=N–C) groups is 1. The van der Waals surface area contributed by atoms with Gasteiger partial charge in [-0.1, -0.05) is 25.0 Å². The summed E-state index contributed by atoms with van der Waals surface area (Å²) in [6.45, 7) is 2.29. The fourth-order valence-electron chi connectivity index (χ4n) is 3.47. The number of amides is 1. The van der Waals surface area contributed by atoms with Gasteiger partial charge in [-0.05, 0) is 42.4 Å². The number of guanidine groups is 1. The fraction of sp³-hybridized carbons (Fsp3) is 0.579. The summed E-state index contributed by atoms with van der Waals surface area (Å²) in [4.78, 5) is 15.6. The maximum Gasteiger partial charge on any atom is 0.248 e. The van der Waals surface area contributed by atoms with Crippen molar-refractivity contribution in [3.63, 3.8) is 0 Å². The van der Waals surface area contributed by atoms with Gasteiger partial charge in [-0.25, -0.2) is 0 Å². The summed E-state index contributed by atoms with van der Waals surface area (Å²) in [7, 11) is 3.53. The molecule has 2 rings (SSSR count). The lowest BCUT2D eigenvalue weighted by Gasteiger charge is -2.30. The number of halogens is 1. The maximum atomic E-state index is 11.3. The zero-order valence-electron chi connectivity index (χ0n) is 15.7. The van der Waals surface area contributed by atoms with Crippen LogP contribution in [0, 0.1) is 5.41 Å².